The highest BCUT2D eigenvalue weighted by molar-refractivity contribution is 14.0. The van der Waals surface area contributed by atoms with Crippen molar-refractivity contribution < 1.29 is 9.53 Å². The molecule has 0 radical (unpaired) electrons. The van der Waals surface area contributed by atoms with Crippen molar-refractivity contribution in [3.05, 3.63) is 11.6 Å². The van der Waals surface area contributed by atoms with Crippen LogP contribution in [0.5, 0.6) is 0 Å². The van der Waals surface area contributed by atoms with Crippen molar-refractivity contribution in [1.82, 2.24) is 30.3 Å². The lowest BCUT2D eigenvalue weighted by atomic mass is 10.0. The van der Waals surface area contributed by atoms with Gasteiger partial charge >= 0.3 is 6.09 Å². The zero-order valence-corrected chi connectivity index (χ0v) is 23.1. The van der Waals surface area contributed by atoms with Crippen LogP contribution in [0.1, 0.15) is 72.5 Å². The average molecular weight is 564 g/mol. The van der Waals surface area contributed by atoms with E-state index in [1.165, 1.54) is 12.8 Å². The third-order valence-electron chi connectivity index (χ3n) is 5.29. The van der Waals surface area contributed by atoms with E-state index >= 15 is 0 Å². The Morgan fingerprint density at radius 1 is 1.28 bits per heavy atom. The first-order valence-electron chi connectivity index (χ1n) is 11.5. The normalized spacial score (nSPS) is 14.9. The van der Waals surface area contributed by atoms with Gasteiger partial charge in [-0.1, -0.05) is 13.8 Å². The van der Waals surface area contributed by atoms with Gasteiger partial charge in [0, 0.05) is 39.1 Å². The maximum absolute atomic E-state index is 12.2. The minimum atomic E-state index is -0.506. The molecule has 0 fully saturated rings. The van der Waals surface area contributed by atoms with Crippen molar-refractivity contribution >= 4 is 36.0 Å². The Labute approximate surface area is 210 Å². The predicted molar refractivity (Wildman–Crippen MR) is 138 cm³/mol. The van der Waals surface area contributed by atoms with Crippen molar-refractivity contribution in [2.24, 2.45) is 10.9 Å². The molecule has 0 spiro atoms. The molecule has 1 unspecified atom stereocenters. The number of aliphatic imine (C=N–C) groups is 1. The maximum Gasteiger partial charge on any atom is 0.407 e. The quantitative estimate of drug-likeness (QED) is 0.285. The van der Waals surface area contributed by atoms with Gasteiger partial charge in [0.2, 0.25) is 0 Å². The first-order valence-corrected chi connectivity index (χ1v) is 11.5. The molecule has 0 bridgehead atoms. The van der Waals surface area contributed by atoms with E-state index in [0.29, 0.717) is 12.5 Å². The summed E-state index contributed by atoms with van der Waals surface area (Å²) in [5.41, 5.74) is -0.506. The number of ether oxygens (including phenoxy) is 1. The topological polar surface area (TPSA) is 96.7 Å². The van der Waals surface area contributed by atoms with E-state index in [2.05, 4.69) is 51.1 Å². The molecule has 1 aliphatic heterocycles. The van der Waals surface area contributed by atoms with E-state index in [4.69, 9.17) is 9.73 Å². The molecule has 184 valence electrons. The van der Waals surface area contributed by atoms with Crippen molar-refractivity contribution in [3.8, 4) is 0 Å². The van der Waals surface area contributed by atoms with Crippen LogP contribution in [-0.4, -0.2) is 63.5 Å². The lowest BCUT2D eigenvalue weighted by molar-refractivity contribution is 0.0486. The standard InChI is InChI=1S/C22H41N7O2.HI/c1-8-23-20(24-15-19-27-26-18-11-9-10-13-29(18)19)28(7)14-12-17(16(2)3)25-21(30)31-22(4,5)6;/h16-17H,8-15H2,1-7H3,(H,23,24)(H,25,30);1H. The summed E-state index contributed by atoms with van der Waals surface area (Å²) in [5, 5.41) is 15.0. The van der Waals surface area contributed by atoms with Crippen LogP contribution < -0.4 is 10.6 Å². The van der Waals surface area contributed by atoms with Gasteiger partial charge in [-0.05, 0) is 52.9 Å². The fraction of sp³-hybridized carbons (Fsp3) is 0.818. The molecule has 0 aromatic carbocycles. The average Bonchev–Trinajstić information content (AvgIpc) is 3.09. The Morgan fingerprint density at radius 3 is 2.62 bits per heavy atom. The number of aromatic nitrogens is 3. The highest BCUT2D eigenvalue weighted by Gasteiger charge is 2.22. The Bertz CT molecular complexity index is 743. The van der Waals surface area contributed by atoms with Crippen LogP contribution in [0, 0.1) is 5.92 Å². The van der Waals surface area contributed by atoms with E-state index in [9.17, 15) is 4.79 Å². The van der Waals surface area contributed by atoms with Gasteiger partial charge in [0.15, 0.2) is 11.8 Å². The number of aryl methyl sites for hydroxylation is 1. The number of carbonyl (C=O) groups excluding carboxylic acids is 1. The summed E-state index contributed by atoms with van der Waals surface area (Å²) in [4.78, 5) is 19.1. The van der Waals surface area contributed by atoms with Gasteiger partial charge in [-0.15, -0.1) is 34.2 Å². The summed E-state index contributed by atoms with van der Waals surface area (Å²) in [6, 6.07) is 0.0173. The van der Waals surface area contributed by atoms with E-state index in [0.717, 1.165) is 50.1 Å². The van der Waals surface area contributed by atoms with Crippen LogP contribution in [-0.2, 0) is 24.2 Å². The van der Waals surface area contributed by atoms with Gasteiger partial charge in [0.05, 0.1) is 0 Å². The number of nitrogens with zero attached hydrogens (tertiary/aromatic N) is 5. The van der Waals surface area contributed by atoms with Crippen LogP contribution in [0.4, 0.5) is 4.79 Å². The van der Waals surface area contributed by atoms with E-state index in [1.807, 2.05) is 27.8 Å². The molecule has 2 rings (SSSR count). The van der Waals surface area contributed by atoms with Crippen molar-refractivity contribution in [2.45, 2.75) is 92.0 Å². The summed E-state index contributed by atoms with van der Waals surface area (Å²) in [5.74, 6) is 3.12. The number of amides is 1. The maximum atomic E-state index is 12.2. The predicted octanol–water partition coefficient (Wildman–Crippen LogP) is 3.57. The third kappa shape index (κ3) is 9.11. The lowest BCUT2D eigenvalue weighted by Crippen LogP contribution is -2.45. The summed E-state index contributed by atoms with van der Waals surface area (Å²) in [6.45, 7) is 14.9. The van der Waals surface area contributed by atoms with Crippen molar-refractivity contribution in [3.63, 3.8) is 0 Å². The summed E-state index contributed by atoms with van der Waals surface area (Å²) in [6.07, 6.45) is 3.77. The molecule has 2 N–H and O–H groups in total. The monoisotopic (exact) mass is 563 g/mol. The molecule has 1 amide bonds. The van der Waals surface area contributed by atoms with Crippen LogP contribution in [0.2, 0.25) is 0 Å². The van der Waals surface area contributed by atoms with Crippen LogP contribution in [0.15, 0.2) is 4.99 Å². The molecule has 9 nitrogen and oxygen atoms in total. The molecule has 0 aliphatic carbocycles. The second-order valence-corrected chi connectivity index (χ2v) is 9.52. The number of nitrogens with one attached hydrogen (secondary N) is 2. The molecule has 1 atom stereocenters. The van der Waals surface area contributed by atoms with Gasteiger partial charge in [0.1, 0.15) is 18.0 Å². The summed E-state index contributed by atoms with van der Waals surface area (Å²) < 4.78 is 7.63. The number of hydrogen-bond acceptors (Lipinski definition) is 5. The molecule has 1 aliphatic rings. The fourth-order valence-corrected chi connectivity index (χ4v) is 3.57. The largest absolute Gasteiger partial charge is 0.444 e. The SMILES string of the molecule is CCNC(=NCc1nnc2n1CCCC2)N(C)CCC(NC(=O)OC(C)(C)C)C(C)C.I. The Balaban J connectivity index is 0.00000512. The number of halogens is 1. The van der Waals surface area contributed by atoms with Crippen LogP contribution >= 0.6 is 24.0 Å². The second kappa shape index (κ2) is 13.2. The number of hydrogen-bond donors (Lipinski definition) is 2. The molecule has 2 heterocycles. The van der Waals surface area contributed by atoms with Crippen LogP contribution in [0.3, 0.4) is 0 Å². The molecule has 32 heavy (non-hydrogen) atoms. The fourth-order valence-electron chi connectivity index (χ4n) is 3.57. The van der Waals surface area contributed by atoms with Crippen molar-refractivity contribution in [2.75, 3.05) is 20.1 Å². The number of rotatable bonds is 8. The van der Waals surface area contributed by atoms with E-state index in [-0.39, 0.29) is 36.1 Å². The van der Waals surface area contributed by atoms with E-state index < -0.39 is 5.60 Å². The number of alkyl carbamates (subject to hydrolysis) is 1. The minimum Gasteiger partial charge on any atom is -0.444 e. The molecular formula is C22H42IN7O2. The van der Waals surface area contributed by atoms with Gasteiger partial charge in [0.25, 0.3) is 0 Å². The van der Waals surface area contributed by atoms with Gasteiger partial charge in [-0.25, -0.2) is 9.79 Å². The van der Waals surface area contributed by atoms with Gasteiger partial charge in [-0.2, -0.15) is 0 Å². The number of fused-ring (bicyclic) bond motifs is 1. The number of carbonyl (C=O) groups is 1. The van der Waals surface area contributed by atoms with Gasteiger partial charge in [-0.3, -0.25) is 0 Å². The molecule has 1 aromatic rings. The minimum absolute atomic E-state index is 0. The first-order chi connectivity index (χ1) is 14.6. The Kier molecular flexibility index (Phi) is 11.7. The lowest BCUT2D eigenvalue weighted by Gasteiger charge is -2.28. The molecule has 10 heteroatoms. The summed E-state index contributed by atoms with van der Waals surface area (Å²) in [7, 11) is 2.02. The van der Waals surface area contributed by atoms with E-state index in [1.54, 1.807) is 0 Å². The van der Waals surface area contributed by atoms with Crippen molar-refractivity contribution in [1.29, 1.82) is 0 Å². The second-order valence-electron chi connectivity index (χ2n) is 9.52. The molecule has 1 aromatic heterocycles. The molecule has 0 saturated carbocycles. The highest BCUT2D eigenvalue weighted by atomic mass is 127. The highest BCUT2D eigenvalue weighted by Crippen LogP contribution is 2.15. The zero-order chi connectivity index (χ0) is 23.0. The summed E-state index contributed by atoms with van der Waals surface area (Å²) >= 11 is 0. The van der Waals surface area contributed by atoms with Gasteiger partial charge < -0.3 is 24.8 Å². The van der Waals surface area contributed by atoms with Crippen LogP contribution in [0.25, 0.3) is 0 Å². The Morgan fingerprint density at radius 2 is 2.00 bits per heavy atom. The Hall–Kier alpha value is -1.59. The number of guanidine groups is 1. The molecule has 0 saturated heterocycles. The smallest absolute Gasteiger partial charge is 0.407 e. The zero-order valence-electron chi connectivity index (χ0n) is 20.8. The molecular weight excluding hydrogens is 521 g/mol. The third-order valence-corrected chi connectivity index (χ3v) is 5.29. The first kappa shape index (κ1) is 28.4.